The highest BCUT2D eigenvalue weighted by atomic mass is 19.1. The van der Waals surface area contributed by atoms with Gasteiger partial charge in [0.2, 0.25) is 0 Å². The minimum atomic E-state index is -0.877. The Morgan fingerprint density at radius 2 is 1.49 bits per heavy atom. The van der Waals surface area contributed by atoms with Gasteiger partial charge in [0.25, 0.3) is 0 Å². The molecule has 6 heteroatoms. The van der Waals surface area contributed by atoms with Crippen LogP contribution in [0.3, 0.4) is 0 Å². The molecule has 0 bridgehead atoms. The van der Waals surface area contributed by atoms with Crippen LogP contribution in [0.1, 0.15) is 47.8 Å². The molecule has 1 N–H and O–H groups in total. The third-order valence-corrected chi connectivity index (χ3v) is 7.40. The van der Waals surface area contributed by atoms with Crippen LogP contribution < -0.4 is 0 Å². The van der Waals surface area contributed by atoms with Crippen molar-refractivity contribution in [3.05, 3.63) is 95.3 Å². The molecule has 2 aliphatic rings. The number of piperidine rings is 1. The summed E-state index contributed by atoms with van der Waals surface area (Å²) < 4.78 is 19.2. The number of fused-ring (bicyclic) bond motifs is 3. The highest BCUT2D eigenvalue weighted by Gasteiger charge is 2.33. The smallest absolute Gasteiger partial charge is 0.409 e. The average Bonchev–Trinajstić information content (AvgIpc) is 3.20. The maximum absolute atomic E-state index is 13.4. The van der Waals surface area contributed by atoms with Crippen molar-refractivity contribution >= 4 is 12.1 Å². The molecule has 35 heavy (non-hydrogen) atoms. The maximum Gasteiger partial charge on any atom is 0.409 e. The fourth-order valence-electron chi connectivity index (χ4n) is 5.62. The summed E-state index contributed by atoms with van der Waals surface area (Å²) in [6.45, 7) is 1.31. The Morgan fingerprint density at radius 1 is 0.914 bits per heavy atom. The molecule has 0 saturated carbocycles. The van der Waals surface area contributed by atoms with Gasteiger partial charge in [-0.15, -0.1) is 0 Å². The molecule has 1 saturated heterocycles. The van der Waals surface area contributed by atoms with Crippen LogP contribution in [0.4, 0.5) is 9.18 Å². The van der Waals surface area contributed by atoms with E-state index in [1.807, 2.05) is 24.3 Å². The fourth-order valence-corrected chi connectivity index (χ4v) is 5.62. The molecule has 1 heterocycles. The Bertz CT molecular complexity index is 1170. The molecule has 1 amide bonds. The summed E-state index contributed by atoms with van der Waals surface area (Å²) in [4.78, 5) is 26.1. The molecule has 0 aromatic heterocycles. The third-order valence-electron chi connectivity index (χ3n) is 7.40. The van der Waals surface area contributed by atoms with Crippen LogP contribution in [-0.2, 0) is 9.53 Å². The van der Waals surface area contributed by atoms with E-state index in [-0.39, 0.29) is 42.7 Å². The predicted molar refractivity (Wildman–Crippen MR) is 131 cm³/mol. The lowest BCUT2D eigenvalue weighted by Crippen LogP contribution is -2.40. The van der Waals surface area contributed by atoms with Crippen molar-refractivity contribution in [1.29, 1.82) is 0 Å². The summed E-state index contributed by atoms with van der Waals surface area (Å²) in [5.74, 6) is -1.31. The van der Waals surface area contributed by atoms with Crippen molar-refractivity contribution in [2.75, 3.05) is 19.7 Å². The van der Waals surface area contributed by atoms with Crippen LogP contribution >= 0.6 is 0 Å². The van der Waals surface area contributed by atoms with Crippen molar-refractivity contribution in [3.8, 4) is 11.1 Å². The van der Waals surface area contributed by atoms with E-state index >= 15 is 0 Å². The number of hydrogen-bond donors (Lipinski definition) is 1. The number of aliphatic carboxylic acids is 1. The molecular formula is C29H28FNO4. The first-order chi connectivity index (χ1) is 17.0. The van der Waals surface area contributed by atoms with Crippen LogP contribution in [0.2, 0.25) is 0 Å². The Kier molecular flexibility index (Phi) is 6.53. The lowest BCUT2D eigenvalue weighted by molar-refractivity contribution is -0.137. The third kappa shape index (κ3) is 4.78. The number of ether oxygens (including phenoxy) is 1. The Balaban J connectivity index is 1.21. The number of benzene rings is 3. The molecule has 1 aliphatic carbocycles. The van der Waals surface area contributed by atoms with Crippen molar-refractivity contribution in [2.45, 2.75) is 31.1 Å². The van der Waals surface area contributed by atoms with Gasteiger partial charge < -0.3 is 14.7 Å². The van der Waals surface area contributed by atoms with E-state index in [1.54, 1.807) is 17.0 Å². The van der Waals surface area contributed by atoms with Crippen molar-refractivity contribution in [1.82, 2.24) is 4.90 Å². The second kappa shape index (κ2) is 9.90. The highest BCUT2D eigenvalue weighted by molar-refractivity contribution is 5.79. The average molecular weight is 474 g/mol. The monoisotopic (exact) mass is 473 g/mol. The molecule has 180 valence electrons. The molecule has 1 fully saturated rings. The van der Waals surface area contributed by atoms with Gasteiger partial charge in [-0.1, -0.05) is 60.7 Å². The summed E-state index contributed by atoms with van der Waals surface area (Å²) >= 11 is 0. The summed E-state index contributed by atoms with van der Waals surface area (Å²) in [5, 5.41) is 9.43. The van der Waals surface area contributed by atoms with Gasteiger partial charge in [-0.3, -0.25) is 4.79 Å². The van der Waals surface area contributed by atoms with E-state index in [4.69, 9.17) is 4.74 Å². The first-order valence-electron chi connectivity index (χ1n) is 12.1. The molecule has 0 radical (unpaired) electrons. The SMILES string of the molecule is O=C(O)CC(c1ccc(F)cc1)C1CCN(C(=O)OCC2c3ccccc3-c3ccccc32)CC1. The van der Waals surface area contributed by atoms with Gasteiger partial charge >= 0.3 is 12.1 Å². The van der Waals surface area contributed by atoms with Crippen LogP contribution in [0.15, 0.2) is 72.8 Å². The zero-order valence-electron chi connectivity index (χ0n) is 19.4. The van der Waals surface area contributed by atoms with Crippen LogP contribution in [-0.4, -0.2) is 41.8 Å². The van der Waals surface area contributed by atoms with E-state index < -0.39 is 5.97 Å². The van der Waals surface area contributed by atoms with E-state index in [2.05, 4.69) is 24.3 Å². The topological polar surface area (TPSA) is 66.8 Å². The minimum Gasteiger partial charge on any atom is -0.481 e. The summed E-state index contributed by atoms with van der Waals surface area (Å²) in [7, 11) is 0. The van der Waals surface area contributed by atoms with Crippen LogP contribution in [0, 0.1) is 11.7 Å². The Hall–Kier alpha value is -3.67. The van der Waals surface area contributed by atoms with Gasteiger partial charge in [-0.2, -0.15) is 0 Å². The number of likely N-dealkylation sites (tertiary alicyclic amines) is 1. The molecule has 5 rings (SSSR count). The molecule has 3 aromatic carbocycles. The zero-order valence-corrected chi connectivity index (χ0v) is 19.4. The number of amides is 1. The first kappa shape index (κ1) is 23.1. The van der Waals surface area contributed by atoms with Gasteiger partial charge in [0.15, 0.2) is 0 Å². The van der Waals surface area contributed by atoms with E-state index in [9.17, 15) is 19.1 Å². The van der Waals surface area contributed by atoms with Gasteiger partial charge in [0, 0.05) is 19.0 Å². The molecular weight excluding hydrogens is 445 g/mol. The number of rotatable bonds is 6. The van der Waals surface area contributed by atoms with Crippen molar-refractivity contribution in [2.24, 2.45) is 5.92 Å². The van der Waals surface area contributed by atoms with Crippen LogP contribution in [0.5, 0.6) is 0 Å². The summed E-state index contributed by atoms with van der Waals surface area (Å²) in [6, 6.07) is 22.6. The quantitative estimate of drug-likeness (QED) is 0.474. The number of hydrogen-bond acceptors (Lipinski definition) is 3. The molecule has 1 aliphatic heterocycles. The van der Waals surface area contributed by atoms with Gasteiger partial charge in [0.1, 0.15) is 12.4 Å². The molecule has 5 nitrogen and oxygen atoms in total. The number of halogens is 1. The molecule has 1 atom stereocenters. The van der Waals surface area contributed by atoms with E-state index in [1.165, 1.54) is 34.4 Å². The van der Waals surface area contributed by atoms with Crippen molar-refractivity contribution in [3.63, 3.8) is 0 Å². The maximum atomic E-state index is 13.4. The largest absolute Gasteiger partial charge is 0.481 e. The zero-order chi connectivity index (χ0) is 24.4. The second-order valence-electron chi connectivity index (χ2n) is 9.38. The van der Waals surface area contributed by atoms with Gasteiger partial charge in [0.05, 0.1) is 6.42 Å². The lowest BCUT2D eigenvalue weighted by Gasteiger charge is -2.35. The molecule has 3 aromatic rings. The molecule has 0 spiro atoms. The number of carbonyl (C=O) groups is 2. The predicted octanol–water partition coefficient (Wildman–Crippen LogP) is 6.05. The van der Waals surface area contributed by atoms with Crippen LogP contribution in [0.25, 0.3) is 11.1 Å². The fraction of sp³-hybridized carbons (Fsp3) is 0.310. The number of nitrogens with zero attached hydrogens (tertiary/aromatic N) is 1. The second-order valence-corrected chi connectivity index (χ2v) is 9.38. The first-order valence-corrected chi connectivity index (χ1v) is 12.1. The van der Waals surface area contributed by atoms with Gasteiger partial charge in [-0.25, -0.2) is 9.18 Å². The number of carboxylic acids is 1. The van der Waals surface area contributed by atoms with Crippen molar-refractivity contribution < 1.29 is 23.8 Å². The number of carbonyl (C=O) groups excluding carboxylic acids is 1. The highest BCUT2D eigenvalue weighted by Crippen LogP contribution is 2.44. The summed E-state index contributed by atoms with van der Waals surface area (Å²) in [5.41, 5.74) is 5.56. The van der Waals surface area contributed by atoms with E-state index in [0.717, 1.165) is 5.56 Å². The normalized spacial score (nSPS) is 16.4. The number of carboxylic acid groups (broad SMARTS) is 1. The Labute approximate surface area is 204 Å². The van der Waals surface area contributed by atoms with E-state index in [0.29, 0.717) is 25.9 Å². The molecule has 1 unspecified atom stereocenters. The minimum absolute atomic E-state index is 0.0127. The summed E-state index contributed by atoms with van der Waals surface area (Å²) in [6.07, 6.45) is 1.02. The lowest BCUT2D eigenvalue weighted by atomic mass is 9.78. The van der Waals surface area contributed by atoms with Gasteiger partial charge in [-0.05, 0) is 64.6 Å². The standard InChI is InChI=1S/C29H28FNO4/c30-21-11-9-19(10-12-21)26(17-28(32)33)20-13-15-31(16-14-20)29(34)35-18-27-24-7-3-1-5-22(24)23-6-2-4-8-25(23)27/h1-12,20,26-27H,13-18H2,(H,32,33). The Morgan fingerprint density at radius 3 is 2.06 bits per heavy atom.